The van der Waals surface area contributed by atoms with E-state index in [4.69, 9.17) is 14.2 Å². The van der Waals surface area contributed by atoms with Crippen molar-refractivity contribution in [3.63, 3.8) is 0 Å². The number of likely N-dealkylation sites (tertiary alicyclic amines) is 1. The van der Waals surface area contributed by atoms with Gasteiger partial charge in [0.05, 0.1) is 18.2 Å². The summed E-state index contributed by atoms with van der Waals surface area (Å²) in [6, 6.07) is 5.65. The van der Waals surface area contributed by atoms with E-state index in [-0.39, 0.29) is 24.1 Å². The SMILES string of the molecule is CCOC(=O)C1=C(CN2CCC[C@H]2c2ccc3c(c2)OCCO3)NC(=O)N[C@H]1CC. The molecule has 1 saturated heterocycles. The molecule has 2 N–H and O–H groups in total. The van der Waals surface area contributed by atoms with Crippen molar-refractivity contribution in [2.75, 3.05) is 32.9 Å². The number of esters is 1. The highest BCUT2D eigenvalue weighted by Gasteiger charge is 2.35. The first-order valence-electron chi connectivity index (χ1n) is 10.7. The van der Waals surface area contributed by atoms with Gasteiger partial charge in [-0.05, 0) is 50.4 Å². The maximum atomic E-state index is 12.6. The molecule has 3 aliphatic rings. The first-order valence-corrected chi connectivity index (χ1v) is 10.7. The van der Waals surface area contributed by atoms with Crippen molar-refractivity contribution >= 4 is 12.0 Å². The number of rotatable bonds is 6. The molecule has 4 rings (SSSR count). The predicted octanol–water partition coefficient (Wildman–Crippen LogP) is 2.50. The van der Waals surface area contributed by atoms with E-state index in [9.17, 15) is 9.59 Å². The van der Waals surface area contributed by atoms with E-state index in [1.165, 1.54) is 0 Å². The van der Waals surface area contributed by atoms with Gasteiger partial charge in [0.25, 0.3) is 0 Å². The number of nitrogens with zero attached hydrogens (tertiary/aromatic N) is 1. The highest BCUT2D eigenvalue weighted by molar-refractivity contribution is 5.94. The summed E-state index contributed by atoms with van der Waals surface area (Å²) in [4.78, 5) is 27.2. The van der Waals surface area contributed by atoms with Crippen LogP contribution in [0.4, 0.5) is 4.79 Å². The normalized spacial score (nSPS) is 23.7. The first kappa shape index (κ1) is 20.5. The minimum Gasteiger partial charge on any atom is -0.486 e. The summed E-state index contributed by atoms with van der Waals surface area (Å²) >= 11 is 0. The standard InChI is InChI=1S/C22H29N3O5/c1-3-15-20(21(26)28-4-2)16(24-22(27)23-15)13-25-9-5-6-17(25)14-7-8-18-19(12-14)30-11-10-29-18/h7-8,12,15,17H,3-6,9-11,13H2,1-2H3,(H2,23,24,27)/t15-,17-/m0/s1. The molecule has 162 valence electrons. The van der Waals surface area contributed by atoms with E-state index in [1.54, 1.807) is 6.92 Å². The van der Waals surface area contributed by atoms with Gasteiger partial charge < -0.3 is 24.8 Å². The van der Waals surface area contributed by atoms with Crippen molar-refractivity contribution in [1.82, 2.24) is 15.5 Å². The molecule has 0 radical (unpaired) electrons. The van der Waals surface area contributed by atoms with Crippen LogP contribution < -0.4 is 20.1 Å². The van der Waals surface area contributed by atoms with Crippen molar-refractivity contribution in [1.29, 1.82) is 0 Å². The Balaban J connectivity index is 1.60. The molecule has 1 aromatic carbocycles. The maximum absolute atomic E-state index is 12.6. The molecule has 2 atom stereocenters. The van der Waals surface area contributed by atoms with Crippen molar-refractivity contribution in [2.45, 2.75) is 45.2 Å². The number of carbonyl (C=O) groups is 2. The Morgan fingerprint density at radius 3 is 2.80 bits per heavy atom. The van der Waals surface area contributed by atoms with E-state index in [0.717, 1.165) is 36.4 Å². The van der Waals surface area contributed by atoms with Crippen LogP contribution in [-0.4, -0.2) is 55.9 Å². The molecule has 2 amide bonds. The van der Waals surface area contributed by atoms with E-state index in [0.29, 0.717) is 44.1 Å². The fourth-order valence-corrected chi connectivity index (χ4v) is 4.45. The molecule has 30 heavy (non-hydrogen) atoms. The molecule has 3 aliphatic heterocycles. The van der Waals surface area contributed by atoms with Gasteiger partial charge in [-0.25, -0.2) is 9.59 Å². The van der Waals surface area contributed by atoms with E-state index in [1.807, 2.05) is 19.1 Å². The lowest BCUT2D eigenvalue weighted by Gasteiger charge is -2.32. The second-order valence-corrected chi connectivity index (χ2v) is 7.70. The highest BCUT2D eigenvalue weighted by atomic mass is 16.6. The number of urea groups is 1. The van der Waals surface area contributed by atoms with E-state index in [2.05, 4.69) is 21.6 Å². The van der Waals surface area contributed by atoms with Gasteiger partial charge in [0.15, 0.2) is 11.5 Å². The molecule has 0 saturated carbocycles. The fourth-order valence-electron chi connectivity index (χ4n) is 4.45. The van der Waals surface area contributed by atoms with Gasteiger partial charge in [-0.3, -0.25) is 4.90 Å². The lowest BCUT2D eigenvalue weighted by Crippen LogP contribution is -2.52. The number of hydrogen-bond donors (Lipinski definition) is 2. The number of fused-ring (bicyclic) bond motifs is 1. The number of hydrogen-bond acceptors (Lipinski definition) is 6. The van der Waals surface area contributed by atoms with Crippen LogP contribution in [-0.2, 0) is 9.53 Å². The Morgan fingerprint density at radius 1 is 1.23 bits per heavy atom. The lowest BCUT2D eigenvalue weighted by atomic mass is 9.99. The summed E-state index contributed by atoms with van der Waals surface area (Å²) < 4.78 is 16.7. The summed E-state index contributed by atoms with van der Waals surface area (Å²) in [5.74, 6) is 1.18. The van der Waals surface area contributed by atoms with Crippen molar-refractivity contribution in [2.24, 2.45) is 0 Å². The second kappa shape index (κ2) is 8.95. The van der Waals surface area contributed by atoms with Crippen molar-refractivity contribution in [3.05, 3.63) is 35.0 Å². The zero-order valence-corrected chi connectivity index (χ0v) is 17.5. The zero-order valence-electron chi connectivity index (χ0n) is 17.5. The van der Waals surface area contributed by atoms with Crippen LogP contribution in [0.15, 0.2) is 29.5 Å². The Labute approximate surface area is 176 Å². The topological polar surface area (TPSA) is 89.1 Å². The summed E-state index contributed by atoms with van der Waals surface area (Å²) in [7, 11) is 0. The highest BCUT2D eigenvalue weighted by Crippen LogP contribution is 2.38. The average Bonchev–Trinajstić information content (AvgIpc) is 3.21. The number of carbonyl (C=O) groups excluding carboxylic acids is 2. The van der Waals surface area contributed by atoms with Gasteiger partial charge in [-0.1, -0.05) is 13.0 Å². The summed E-state index contributed by atoms with van der Waals surface area (Å²) in [5, 5.41) is 5.69. The van der Waals surface area contributed by atoms with Gasteiger partial charge >= 0.3 is 12.0 Å². The fraction of sp³-hybridized carbons (Fsp3) is 0.545. The van der Waals surface area contributed by atoms with Crippen LogP contribution in [0, 0.1) is 0 Å². The average molecular weight is 415 g/mol. The number of benzene rings is 1. The Kier molecular flexibility index (Phi) is 6.13. The molecule has 0 aliphatic carbocycles. The third kappa shape index (κ3) is 4.09. The lowest BCUT2D eigenvalue weighted by molar-refractivity contribution is -0.139. The predicted molar refractivity (Wildman–Crippen MR) is 110 cm³/mol. The second-order valence-electron chi connectivity index (χ2n) is 7.70. The summed E-state index contributed by atoms with van der Waals surface area (Å²) in [6.07, 6.45) is 2.67. The molecule has 1 fully saturated rings. The smallest absolute Gasteiger partial charge is 0.337 e. The van der Waals surface area contributed by atoms with Crippen LogP contribution in [0.1, 0.15) is 44.7 Å². The molecular formula is C22H29N3O5. The Morgan fingerprint density at radius 2 is 2.03 bits per heavy atom. The molecule has 0 bridgehead atoms. The quantitative estimate of drug-likeness (QED) is 0.694. The van der Waals surface area contributed by atoms with Gasteiger partial charge in [-0.15, -0.1) is 0 Å². The van der Waals surface area contributed by atoms with Crippen molar-refractivity contribution < 1.29 is 23.8 Å². The third-order valence-electron chi connectivity index (χ3n) is 5.82. The molecular weight excluding hydrogens is 386 g/mol. The van der Waals surface area contributed by atoms with Gasteiger partial charge in [0, 0.05) is 18.3 Å². The molecule has 0 aromatic heterocycles. The van der Waals surface area contributed by atoms with Crippen LogP contribution in [0.25, 0.3) is 0 Å². The van der Waals surface area contributed by atoms with Crippen LogP contribution in [0.3, 0.4) is 0 Å². The van der Waals surface area contributed by atoms with Crippen LogP contribution in [0.2, 0.25) is 0 Å². The largest absolute Gasteiger partial charge is 0.486 e. The number of amides is 2. The molecule has 8 nitrogen and oxygen atoms in total. The van der Waals surface area contributed by atoms with Crippen molar-refractivity contribution in [3.8, 4) is 11.5 Å². The Bertz CT molecular complexity index is 853. The molecule has 0 spiro atoms. The minimum atomic E-state index is -0.373. The zero-order chi connectivity index (χ0) is 21.1. The van der Waals surface area contributed by atoms with Gasteiger partial charge in [-0.2, -0.15) is 0 Å². The minimum absolute atomic E-state index is 0.184. The van der Waals surface area contributed by atoms with E-state index < -0.39 is 0 Å². The summed E-state index contributed by atoms with van der Waals surface area (Å²) in [6.45, 7) is 6.52. The summed E-state index contributed by atoms with van der Waals surface area (Å²) in [5.41, 5.74) is 2.31. The number of ether oxygens (including phenoxy) is 3. The molecule has 1 aromatic rings. The molecule has 3 heterocycles. The van der Waals surface area contributed by atoms with Crippen LogP contribution >= 0.6 is 0 Å². The number of nitrogens with one attached hydrogen (secondary N) is 2. The first-order chi connectivity index (χ1) is 14.6. The van der Waals surface area contributed by atoms with E-state index >= 15 is 0 Å². The molecule has 0 unspecified atom stereocenters. The van der Waals surface area contributed by atoms with Gasteiger partial charge in [0.1, 0.15) is 13.2 Å². The Hall–Kier alpha value is -2.74. The monoisotopic (exact) mass is 415 g/mol. The maximum Gasteiger partial charge on any atom is 0.337 e. The van der Waals surface area contributed by atoms with Gasteiger partial charge in [0.2, 0.25) is 0 Å². The third-order valence-corrected chi connectivity index (χ3v) is 5.82. The molecule has 8 heteroatoms. The van der Waals surface area contributed by atoms with Crippen LogP contribution in [0.5, 0.6) is 11.5 Å².